The molecule has 0 atom stereocenters. The molecule has 1 fully saturated rings. The minimum Gasteiger partial charge on any atom is -0.379 e. The van der Waals surface area contributed by atoms with Gasteiger partial charge in [0, 0.05) is 65.4 Å². The van der Waals surface area contributed by atoms with Crippen LogP contribution in [0.15, 0.2) is 4.99 Å². The highest BCUT2D eigenvalue weighted by Crippen LogP contribution is 2.05. The smallest absolute Gasteiger partial charge is 0.243 e. The third kappa shape index (κ3) is 12.6. The predicted molar refractivity (Wildman–Crippen MR) is 131 cm³/mol. The van der Waals surface area contributed by atoms with Crippen molar-refractivity contribution < 1.29 is 9.53 Å². The van der Waals surface area contributed by atoms with Gasteiger partial charge in [0.15, 0.2) is 5.96 Å². The van der Waals surface area contributed by atoms with Gasteiger partial charge in [-0.1, -0.05) is 0 Å². The van der Waals surface area contributed by atoms with Gasteiger partial charge >= 0.3 is 0 Å². The molecule has 9 heteroatoms. The molecule has 0 saturated carbocycles. The molecule has 0 aromatic carbocycles. The Labute approximate surface area is 194 Å². The van der Waals surface area contributed by atoms with E-state index in [1.54, 1.807) is 19.0 Å². The first-order valence-electron chi connectivity index (χ1n) is 10.6. The van der Waals surface area contributed by atoms with Crippen molar-refractivity contribution >= 4 is 35.8 Å². The number of aliphatic imine (C=N–C) groups is 1. The Kier molecular flexibility index (Phi) is 15.7. The number of nitrogens with one attached hydrogen (secondary N) is 2. The number of morpholine rings is 1. The number of hydrogen-bond donors (Lipinski definition) is 2. The molecule has 1 amide bonds. The molecule has 0 aromatic heterocycles. The highest BCUT2D eigenvalue weighted by atomic mass is 127. The van der Waals surface area contributed by atoms with Crippen molar-refractivity contribution in [2.75, 3.05) is 73.1 Å². The number of carbonyl (C=O) groups excluding carboxylic acids is 1. The number of nitrogens with zero attached hydrogens (tertiary/aromatic N) is 4. The molecule has 1 aliphatic rings. The van der Waals surface area contributed by atoms with Gasteiger partial charge in [-0.05, 0) is 34.1 Å². The molecular weight excluding hydrogens is 483 g/mol. The fourth-order valence-corrected chi connectivity index (χ4v) is 3.20. The zero-order valence-corrected chi connectivity index (χ0v) is 21.6. The van der Waals surface area contributed by atoms with E-state index in [0.717, 1.165) is 58.9 Å². The summed E-state index contributed by atoms with van der Waals surface area (Å²) in [5.74, 6) is 0.712. The van der Waals surface area contributed by atoms with Crippen LogP contribution in [0.4, 0.5) is 0 Å². The lowest BCUT2D eigenvalue weighted by Gasteiger charge is -2.30. The maximum atomic E-state index is 11.9. The molecule has 0 radical (unpaired) electrons. The van der Waals surface area contributed by atoms with Crippen LogP contribution in [-0.4, -0.2) is 112 Å². The first-order valence-corrected chi connectivity index (χ1v) is 10.6. The van der Waals surface area contributed by atoms with E-state index in [1.165, 1.54) is 0 Å². The van der Waals surface area contributed by atoms with E-state index in [0.29, 0.717) is 18.0 Å². The Balaban J connectivity index is 0.00000784. The first-order chi connectivity index (χ1) is 13.3. The van der Waals surface area contributed by atoms with Crippen LogP contribution in [0.3, 0.4) is 0 Å². The molecule has 0 aliphatic carbocycles. The van der Waals surface area contributed by atoms with Crippen LogP contribution in [0.25, 0.3) is 0 Å². The van der Waals surface area contributed by atoms with Crippen molar-refractivity contribution in [3.8, 4) is 0 Å². The number of amides is 1. The highest BCUT2D eigenvalue weighted by Gasteiger charge is 2.13. The van der Waals surface area contributed by atoms with Crippen LogP contribution in [0, 0.1) is 0 Å². The summed E-state index contributed by atoms with van der Waals surface area (Å²) >= 11 is 0. The quantitative estimate of drug-likeness (QED) is 0.182. The zero-order valence-electron chi connectivity index (χ0n) is 19.2. The molecule has 0 unspecified atom stereocenters. The van der Waals surface area contributed by atoms with Gasteiger partial charge < -0.3 is 20.3 Å². The van der Waals surface area contributed by atoms with Gasteiger partial charge in [0.2, 0.25) is 5.91 Å². The predicted octanol–water partition coefficient (Wildman–Crippen LogP) is 1.07. The van der Waals surface area contributed by atoms with Gasteiger partial charge in [0.1, 0.15) is 6.54 Å². The average molecular weight is 527 g/mol. The first kappa shape index (κ1) is 28.4. The average Bonchev–Trinajstić information content (AvgIpc) is 2.65. The minimum absolute atomic E-state index is 0. The summed E-state index contributed by atoms with van der Waals surface area (Å²) in [5.41, 5.74) is 0. The maximum absolute atomic E-state index is 11.9. The molecule has 1 aliphatic heterocycles. The fourth-order valence-electron chi connectivity index (χ4n) is 3.20. The summed E-state index contributed by atoms with van der Waals surface area (Å²) in [7, 11) is 3.51. The highest BCUT2D eigenvalue weighted by molar-refractivity contribution is 14.0. The summed E-state index contributed by atoms with van der Waals surface area (Å²) in [5, 5.41) is 6.75. The van der Waals surface area contributed by atoms with E-state index >= 15 is 0 Å². The molecule has 1 heterocycles. The van der Waals surface area contributed by atoms with E-state index in [1.807, 2.05) is 0 Å². The number of hydrogen-bond acceptors (Lipinski definition) is 5. The van der Waals surface area contributed by atoms with Gasteiger partial charge in [0.25, 0.3) is 0 Å². The lowest BCUT2D eigenvalue weighted by molar-refractivity contribution is -0.127. The SMILES string of the molecule is CC(C)N(CCCNC(=NCC(=O)N(C)C)NCCN1CCOCC1)C(C)C.I. The lowest BCUT2D eigenvalue weighted by atomic mass is 10.2. The van der Waals surface area contributed by atoms with Crippen molar-refractivity contribution in [3.63, 3.8) is 0 Å². The number of halogens is 1. The van der Waals surface area contributed by atoms with Crippen molar-refractivity contribution in [2.45, 2.75) is 46.2 Å². The molecule has 0 spiro atoms. The van der Waals surface area contributed by atoms with Crippen molar-refractivity contribution in [2.24, 2.45) is 4.99 Å². The summed E-state index contributed by atoms with van der Waals surface area (Å²) < 4.78 is 5.39. The number of rotatable bonds is 11. The Morgan fingerprint density at radius 3 is 2.21 bits per heavy atom. The third-order valence-electron chi connectivity index (χ3n) is 4.91. The zero-order chi connectivity index (χ0) is 20.9. The van der Waals surface area contributed by atoms with E-state index in [4.69, 9.17) is 4.74 Å². The molecule has 1 saturated heterocycles. The molecule has 8 nitrogen and oxygen atoms in total. The number of carbonyl (C=O) groups is 1. The largest absolute Gasteiger partial charge is 0.379 e. The summed E-state index contributed by atoms with van der Waals surface area (Å²) in [6, 6.07) is 1.08. The van der Waals surface area contributed by atoms with E-state index in [9.17, 15) is 4.79 Å². The van der Waals surface area contributed by atoms with Gasteiger partial charge in [0.05, 0.1) is 13.2 Å². The van der Waals surface area contributed by atoms with E-state index in [2.05, 4.69) is 53.1 Å². The van der Waals surface area contributed by atoms with Crippen LogP contribution in [0.2, 0.25) is 0 Å². The monoisotopic (exact) mass is 526 g/mol. The minimum atomic E-state index is 0. The topological polar surface area (TPSA) is 72.4 Å². The third-order valence-corrected chi connectivity index (χ3v) is 4.91. The van der Waals surface area contributed by atoms with Crippen molar-refractivity contribution in [1.29, 1.82) is 0 Å². The van der Waals surface area contributed by atoms with Gasteiger partial charge in [-0.2, -0.15) is 0 Å². The van der Waals surface area contributed by atoms with Crippen LogP contribution < -0.4 is 10.6 Å². The number of likely N-dealkylation sites (N-methyl/N-ethyl adjacent to an activating group) is 1. The second kappa shape index (κ2) is 16.1. The second-order valence-corrected chi connectivity index (χ2v) is 8.04. The van der Waals surface area contributed by atoms with Gasteiger partial charge in [-0.15, -0.1) is 24.0 Å². The number of ether oxygens (including phenoxy) is 1. The van der Waals surface area contributed by atoms with Gasteiger partial charge in [-0.3, -0.25) is 14.6 Å². The Morgan fingerprint density at radius 1 is 1.07 bits per heavy atom. The summed E-state index contributed by atoms with van der Waals surface area (Å²) in [4.78, 5) is 22.8. The maximum Gasteiger partial charge on any atom is 0.243 e. The molecule has 1 rings (SSSR count). The van der Waals surface area contributed by atoms with Crippen LogP contribution >= 0.6 is 24.0 Å². The standard InChI is InChI=1S/C20H42N6O2.HI/c1-17(2)26(18(3)4)10-7-8-21-20(23-16-19(27)24(5)6)22-9-11-25-12-14-28-15-13-25;/h17-18H,7-16H2,1-6H3,(H2,21,22,23);1H. The fraction of sp³-hybridized carbons (Fsp3) is 0.900. The summed E-state index contributed by atoms with van der Waals surface area (Å²) in [6.45, 7) is 16.3. The molecule has 0 bridgehead atoms. The van der Waals surface area contributed by atoms with Gasteiger partial charge in [-0.25, -0.2) is 4.99 Å². The van der Waals surface area contributed by atoms with Crippen molar-refractivity contribution in [3.05, 3.63) is 0 Å². The number of guanidine groups is 1. The van der Waals surface area contributed by atoms with Crippen LogP contribution in [-0.2, 0) is 9.53 Å². The van der Waals surface area contributed by atoms with Crippen LogP contribution in [0.1, 0.15) is 34.1 Å². The van der Waals surface area contributed by atoms with Crippen LogP contribution in [0.5, 0.6) is 0 Å². The molecular formula is C20H43IN6O2. The van der Waals surface area contributed by atoms with E-state index < -0.39 is 0 Å². The van der Waals surface area contributed by atoms with E-state index in [-0.39, 0.29) is 36.4 Å². The summed E-state index contributed by atoms with van der Waals surface area (Å²) in [6.07, 6.45) is 1.03. The van der Waals surface area contributed by atoms with Crippen molar-refractivity contribution in [1.82, 2.24) is 25.3 Å². The Bertz CT molecular complexity index is 460. The Hall–Kier alpha value is -0.650. The molecule has 29 heavy (non-hydrogen) atoms. The molecule has 2 N–H and O–H groups in total. The molecule has 0 aromatic rings. The Morgan fingerprint density at radius 2 is 1.66 bits per heavy atom. The second-order valence-electron chi connectivity index (χ2n) is 8.04. The molecule has 172 valence electrons. The lowest BCUT2D eigenvalue weighted by Crippen LogP contribution is -2.45. The normalized spacial score (nSPS) is 15.6.